The molecule has 0 spiro atoms. The Kier molecular flexibility index (Phi) is 4.57. The summed E-state index contributed by atoms with van der Waals surface area (Å²) in [7, 11) is 1.79. The monoisotopic (exact) mass is 277 g/mol. The van der Waals surface area contributed by atoms with Crippen LogP contribution in [0.5, 0.6) is 0 Å². The molecule has 2 heterocycles. The highest BCUT2D eigenvalue weighted by Gasteiger charge is 2.28. The maximum Gasteiger partial charge on any atom is 0.295 e. The summed E-state index contributed by atoms with van der Waals surface area (Å²) in [5, 5.41) is 4.22. The molecule has 1 aliphatic heterocycles. The van der Waals surface area contributed by atoms with Gasteiger partial charge < -0.3 is 4.90 Å². The second kappa shape index (κ2) is 6.20. The van der Waals surface area contributed by atoms with Crippen LogP contribution >= 0.6 is 0 Å². The Bertz CT molecular complexity index is 511. The number of carbonyl (C=O) groups is 2. The lowest BCUT2D eigenvalue weighted by Gasteiger charge is -2.24. The van der Waals surface area contributed by atoms with Gasteiger partial charge in [0.1, 0.15) is 0 Å². The second-order valence-corrected chi connectivity index (χ2v) is 5.56. The molecule has 110 valence electrons. The zero-order chi connectivity index (χ0) is 14.7. The number of aromatic nitrogens is 2. The molecule has 1 aromatic rings. The molecule has 1 saturated heterocycles. The van der Waals surface area contributed by atoms with Crippen molar-refractivity contribution in [2.75, 3.05) is 13.1 Å². The van der Waals surface area contributed by atoms with E-state index in [2.05, 4.69) is 5.10 Å². The van der Waals surface area contributed by atoms with E-state index in [0.717, 1.165) is 31.4 Å². The summed E-state index contributed by atoms with van der Waals surface area (Å²) in [5.41, 5.74) is 1.86. The number of rotatable bonds is 2. The van der Waals surface area contributed by atoms with E-state index in [1.54, 1.807) is 23.6 Å². The van der Waals surface area contributed by atoms with E-state index in [0.29, 0.717) is 24.3 Å². The fourth-order valence-corrected chi connectivity index (χ4v) is 2.80. The van der Waals surface area contributed by atoms with Crippen LogP contribution in [0.15, 0.2) is 0 Å². The van der Waals surface area contributed by atoms with Crippen LogP contribution < -0.4 is 0 Å². The summed E-state index contributed by atoms with van der Waals surface area (Å²) in [6.07, 6.45) is 5.50. The van der Waals surface area contributed by atoms with E-state index in [1.807, 2.05) is 6.92 Å². The van der Waals surface area contributed by atoms with Gasteiger partial charge >= 0.3 is 0 Å². The van der Waals surface area contributed by atoms with E-state index < -0.39 is 5.78 Å². The van der Waals surface area contributed by atoms with Crippen LogP contribution in [-0.4, -0.2) is 39.5 Å². The molecule has 0 saturated carbocycles. The lowest BCUT2D eigenvalue weighted by molar-refractivity contribution is -0.126. The van der Waals surface area contributed by atoms with Gasteiger partial charge in [-0.2, -0.15) is 5.10 Å². The molecule has 0 atom stereocenters. The third kappa shape index (κ3) is 2.92. The fourth-order valence-electron chi connectivity index (χ4n) is 2.80. The van der Waals surface area contributed by atoms with Crippen molar-refractivity contribution in [3.05, 3.63) is 17.0 Å². The highest BCUT2D eigenvalue weighted by atomic mass is 16.2. The van der Waals surface area contributed by atoms with E-state index in [1.165, 1.54) is 6.42 Å². The Morgan fingerprint density at radius 3 is 2.05 bits per heavy atom. The summed E-state index contributed by atoms with van der Waals surface area (Å²) in [6, 6.07) is 0. The van der Waals surface area contributed by atoms with Gasteiger partial charge in [0, 0.05) is 25.8 Å². The van der Waals surface area contributed by atoms with Gasteiger partial charge in [0.15, 0.2) is 0 Å². The Balaban J connectivity index is 2.16. The molecule has 1 fully saturated rings. The van der Waals surface area contributed by atoms with Crippen molar-refractivity contribution >= 4 is 11.7 Å². The first kappa shape index (κ1) is 14.8. The zero-order valence-electron chi connectivity index (χ0n) is 12.6. The molecule has 0 bridgehead atoms. The van der Waals surface area contributed by atoms with Gasteiger partial charge in [-0.05, 0) is 26.7 Å². The summed E-state index contributed by atoms with van der Waals surface area (Å²) < 4.78 is 1.66. The van der Waals surface area contributed by atoms with Gasteiger partial charge in [0.2, 0.25) is 0 Å². The first-order valence-electron chi connectivity index (χ1n) is 7.36. The third-order valence-corrected chi connectivity index (χ3v) is 4.07. The van der Waals surface area contributed by atoms with Crippen LogP contribution in [0.25, 0.3) is 0 Å². The van der Waals surface area contributed by atoms with Crippen molar-refractivity contribution < 1.29 is 9.59 Å². The van der Waals surface area contributed by atoms with Gasteiger partial charge in [-0.1, -0.05) is 19.3 Å². The molecule has 0 radical (unpaired) electrons. The highest BCUT2D eigenvalue weighted by molar-refractivity contribution is 6.43. The average Bonchev–Trinajstić information content (AvgIpc) is 2.61. The van der Waals surface area contributed by atoms with Crippen LogP contribution in [-0.2, 0) is 11.8 Å². The lowest BCUT2D eigenvalue weighted by atomic mass is 10.1. The smallest absolute Gasteiger partial charge is 0.295 e. The average molecular weight is 277 g/mol. The maximum atomic E-state index is 12.5. The Morgan fingerprint density at radius 2 is 1.55 bits per heavy atom. The van der Waals surface area contributed by atoms with Crippen LogP contribution in [0.1, 0.15) is 53.8 Å². The highest BCUT2D eigenvalue weighted by Crippen LogP contribution is 2.16. The minimum Gasteiger partial charge on any atom is -0.336 e. The minimum atomic E-state index is -0.409. The third-order valence-electron chi connectivity index (χ3n) is 4.07. The predicted octanol–water partition coefficient (Wildman–Crippen LogP) is 2.01. The molecule has 0 unspecified atom stereocenters. The number of amides is 1. The number of nitrogens with zero attached hydrogens (tertiary/aromatic N) is 3. The number of carbonyl (C=O) groups excluding carboxylic acids is 2. The Morgan fingerprint density at radius 1 is 1.00 bits per heavy atom. The SMILES string of the molecule is Cc1nn(C)c(C)c1C(=O)C(=O)N1CCCCCCC1. The predicted molar refractivity (Wildman–Crippen MR) is 76.7 cm³/mol. The van der Waals surface area contributed by atoms with Gasteiger partial charge in [-0.15, -0.1) is 0 Å². The first-order chi connectivity index (χ1) is 9.52. The molecule has 1 aromatic heterocycles. The summed E-state index contributed by atoms with van der Waals surface area (Å²) >= 11 is 0. The normalized spacial score (nSPS) is 16.6. The maximum absolute atomic E-state index is 12.5. The molecule has 5 nitrogen and oxygen atoms in total. The summed E-state index contributed by atoms with van der Waals surface area (Å²) in [6.45, 7) is 5.00. The molecule has 2 rings (SSSR count). The van der Waals surface area contributed by atoms with E-state index in [9.17, 15) is 9.59 Å². The topological polar surface area (TPSA) is 55.2 Å². The first-order valence-corrected chi connectivity index (χ1v) is 7.36. The molecule has 0 aliphatic carbocycles. The van der Waals surface area contributed by atoms with Gasteiger partial charge in [-0.3, -0.25) is 14.3 Å². The van der Waals surface area contributed by atoms with Crippen molar-refractivity contribution in [1.82, 2.24) is 14.7 Å². The minimum absolute atomic E-state index is 0.369. The molecule has 0 aromatic carbocycles. The molecular weight excluding hydrogens is 254 g/mol. The molecule has 1 amide bonds. The molecule has 20 heavy (non-hydrogen) atoms. The van der Waals surface area contributed by atoms with Crippen molar-refractivity contribution in [2.24, 2.45) is 7.05 Å². The molecule has 5 heteroatoms. The van der Waals surface area contributed by atoms with Crippen LogP contribution in [0.3, 0.4) is 0 Å². The number of hydrogen-bond acceptors (Lipinski definition) is 3. The zero-order valence-corrected chi connectivity index (χ0v) is 12.6. The van der Waals surface area contributed by atoms with Crippen molar-refractivity contribution in [3.63, 3.8) is 0 Å². The van der Waals surface area contributed by atoms with E-state index in [4.69, 9.17) is 0 Å². The summed E-state index contributed by atoms with van der Waals surface area (Å²) in [4.78, 5) is 26.6. The fraction of sp³-hybridized carbons (Fsp3) is 0.667. The largest absolute Gasteiger partial charge is 0.336 e. The quantitative estimate of drug-likeness (QED) is 0.614. The number of hydrogen-bond donors (Lipinski definition) is 0. The summed E-state index contributed by atoms with van der Waals surface area (Å²) in [5.74, 6) is -0.778. The van der Waals surface area contributed by atoms with E-state index in [-0.39, 0.29) is 5.91 Å². The van der Waals surface area contributed by atoms with Crippen molar-refractivity contribution in [1.29, 1.82) is 0 Å². The van der Waals surface area contributed by atoms with Gasteiger partial charge in [-0.25, -0.2) is 0 Å². The van der Waals surface area contributed by atoms with E-state index >= 15 is 0 Å². The van der Waals surface area contributed by atoms with Gasteiger partial charge in [0.25, 0.3) is 11.7 Å². The van der Waals surface area contributed by atoms with Crippen LogP contribution in [0, 0.1) is 13.8 Å². The van der Waals surface area contributed by atoms with Crippen LogP contribution in [0.4, 0.5) is 0 Å². The standard InChI is InChI=1S/C15H23N3O2/c1-11-13(12(2)17(3)16-11)14(19)15(20)18-9-7-5-4-6-8-10-18/h4-10H2,1-3H3. The van der Waals surface area contributed by atoms with Crippen molar-refractivity contribution in [3.8, 4) is 0 Å². The van der Waals surface area contributed by atoms with Crippen molar-refractivity contribution in [2.45, 2.75) is 46.0 Å². The second-order valence-electron chi connectivity index (χ2n) is 5.56. The van der Waals surface area contributed by atoms with Crippen LogP contribution in [0.2, 0.25) is 0 Å². The number of Topliss-reactive ketones (excluding diaryl/α,β-unsaturated/α-hetero) is 1. The number of ketones is 1. The number of aryl methyl sites for hydroxylation is 2. The number of likely N-dealkylation sites (tertiary alicyclic amines) is 1. The Labute approximate surface area is 119 Å². The molecule has 0 N–H and O–H groups in total. The molecule has 1 aliphatic rings. The lowest BCUT2D eigenvalue weighted by Crippen LogP contribution is -2.39. The molecular formula is C15H23N3O2. The Hall–Kier alpha value is -1.65. The van der Waals surface area contributed by atoms with Gasteiger partial charge in [0.05, 0.1) is 11.3 Å².